The van der Waals surface area contributed by atoms with Gasteiger partial charge in [0, 0.05) is 4.88 Å². The van der Waals surface area contributed by atoms with E-state index in [4.69, 9.17) is 9.05 Å². The second-order valence-corrected chi connectivity index (χ2v) is 14.2. The second kappa shape index (κ2) is 11.1. The molecule has 0 saturated carbocycles. The molecule has 0 unspecified atom stereocenters. The number of hydrogen-bond acceptors (Lipinski definition) is 4. The first-order valence-electron chi connectivity index (χ1n) is 12.6. The van der Waals surface area contributed by atoms with Crippen molar-refractivity contribution in [2.24, 2.45) is 0 Å². The topological polar surface area (TPSA) is 35.5 Å². The zero-order chi connectivity index (χ0) is 25.9. The average Bonchev–Trinajstić information content (AvgIpc) is 3.27. The summed E-state index contributed by atoms with van der Waals surface area (Å²) < 4.78 is 26.1. The molecule has 0 radical (unpaired) electrons. The van der Waals surface area contributed by atoms with Crippen LogP contribution in [0.25, 0.3) is 20.9 Å². The van der Waals surface area contributed by atoms with Crippen molar-refractivity contribution in [2.45, 2.75) is 79.1 Å². The van der Waals surface area contributed by atoms with Crippen LogP contribution in [0.5, 0.6) is 0 Å². The fourth-order valence-electron chi connectivity index (χ4n) is 3.79. The molecule has 3 nitrogen and oxygen atoms in total. The Hall–Kier alpha value is -1.71. The molecule has 0 aliphatic heterocycles. The van der Waals surface area contributed by atoms with Crippen LogP contribution in [0.1, 0.15) is 79.4 Å². The van der Waals surface area contributed by atoms with Crippen LogP contribution in [-0.4, -0.2) is 13.2 Å². The van der Waals surface area contributed by atoms with E-state index in [2.05, 4.69) is 90.1 Å². The van der Waals surface area contributed by atoms with Crippen molar-refractivity contribution in [1.82, 2.24) is 0 Å². The van der Waals surface area contributed by atoms with E-state index in [1.807, 2.05) is 19.9 Å². The summed E-state index contributed by atoms with van der Waals surface area (Å²) in [5, 5.41) is 0.669. The van der Waals surface area contributed by atoms with E-state index >= 15 is 0 Å². The first-order chi connectivity index (χ1) is 16.4. The Morgan fingerprint density at radius 2 is 1.14 bits per heavy atom. The van der Waals surface area contributed by atoms with Crippen molar-refractivity contribution >= 4 is 24.2 Å². The zero-order valence-corrected chi connectivity index (χ0v) is 24.3. The average molecular weight is 513 g/mol. The Morgan fingerprint density at radius 1 is 0.714 bits per heavy atom. The molecule has 1 heterocycles. The molecule has 0 saturated heterocycles. The van der Waals surface area contributed by atoms with Gasteiger partial charge in [-0.15, -0.1) is 11.3 Å². The lowest BCUT2D eigenvalue weighted by Gasteiger charge is -2.20. The summed E-state index contributed by atoms with van der Waals surface area (Å²) in [5.74, 6) is 0. The summed E-state index contributed by atoms with van der Waals surface area (Å²) in [6.45, 7) is 18.1. The fraction of sp³-hybridized carbons (Fsp3) is 0.467. The highest BCUT2D eigenvalue weighted by molar-refractivity contribution is 7.63. The summed E-state index contributed by atoms with van der Waals surface area (Å²) in [5.41, 5.74) is 4.87. The molecule has 3 rings (SSSR count). The first kappa shape index (κ1) is 27.9. The number of hydrogen-bond donors (Lipinski definition) is 0. The van der Waals surface area contributed by atoms with Crippen LogP contribution in [0.15, 0.2) is 54.6 Å². The van der Waals surface area contributed by atoms with Crippen molar-refractivity contribution in [3.05, 3.63) is 65.7 Å². The lowest BCUT2D eigenvalue weighted by atomic mass is 9.86. The van der Waals surface area contributed by atoms with Gasteiger partial charge in [-0.1, -0.05) is 104 Å². The molecule has 0 aliphatic carbocycles. The minimum Gasteiger partial charge on any atom is -0.305 e. The van der Waals surface area contributed by atoms with Gasteiger partial charge in [-0.05, 0) is 52.0 Å². The van der Waals surface area contributed by atoms with Gasteiger partial charge in [0.1, 0.15) is 0 Å². The van der Waals surface area contributed by atoms with Gasteiger partial charge in [0.05, 0.1) is 23.4 Å². The summed E-state index contributed by atoms with van der Waals surface area (Å²) in [6.07, 6.45) is 1.56. The molecular formula is C30H41O3PS. The minimum absolute atomic E-state index is 0.0700. The smallest absolute Gasteiger partial charge is 0.305 e. The molecule has 0 amide bonds. The van der Waals surface area contributed by atoms with Gasteiger partial charge >= 0.3 is 7.60 Å². The number of rotatable bonds is 9. The van der Waals surface area contributed by atoms with Crippen molar-refractivity contribution in [1.29, 1.82) is 0 Å². The Kier molecular flexibility index (Phi) is 8.86. The van der Waals surface area contributed by atoms with Gasteiger partial charge < -0.3 is 9.05 Å². The standard InChI is InChI=1S/C30H41O3PS/c1-9-19-32-34(31,33-20-10-2)26-21-27(22-11-15-24(16-12-22)29(3,4)5)35-28(26)23-13-17-25(18-14-23)30(6,7)8/h11-18,21H,9-10,19-20H2,1-8H3. The van der Waals surface area contributed by atoms with E-state index < -0.39 is 7.60 Å². The maximum atomic E-state index is 14.1. The molecule has 190 valence electrons. The molecule has 1 aromatic heterocycles. The highest BCUT2D eigenvalue weighted by atomic mass is 32.1. The van der Waals surface area contributed by atoms with Crippen molar-refractivity contribution in [3.63, 3.8) is 0 Å². The fourth-order valence-corrected chi connectivity index (χ4v) is 7.28. The molecular weight excluding hydrogens is 471 g/mol. The largest absolute Gasteiger partial charge is 0.362 e. The van der Waals surface area contributed by atoms with Gasteiger partial charge in [0.15, 0.2) is 0 Å². The van der Waals surface area contributed by atoms with Gasteiger partial charge in [-0.3, -0.25) is 4.57 Å². The maximum Gasteiger partial charge on any atom is 0.362 e. The normalized spacial score (nSPS) is 12.8. The molecule has 0 bridgehead atoms. The van der Waals surface area contributed by atoms with E-state index in [0.29, 0.717) is 18.5 Å². The Balaban J connectivity index is 2.14. The third-order valence-corrected chi connectivity index (χ3v) is 9.36. The van der Waals surface area contributed by atoms with Crippen LogP contribution < -0.4 is 5.30 Å². The summed E-state index contributed by atoms with van der Waals surface area (Å²) in [7, 11) is -3.48. The maximum absolute atomic E-state index is 14.1. The summed E-state index contributed by atoms with van der Waals surface area (Å²) >= 11 is 1.65. The SMILES string of the molecule is CCCOP(=O)(OCCC)c1cc(-c2ccc(C(C)(C)C)cc2)sc1-c1ccc(C(C)(C)C)cc1. The van der Waals surface area contributed by atoms with E-state index in [1.54, 1.807) is 11.3 Å². The Labute approximate surface area is 216 Å². The van der Waals surface area contributed by atoms with Gasteiger partial charge in [0.25, 0.3) is 0 Å². The third kappa shape index (κ3) is 6.74. The minimum atomic E-state index is -3.48. The van der Waals surface area contributed by atoms with E-state index in [1.165, 1.54) is 11.1 Å². The van der Waals surface area contributed by atoms with Crippen LogP contribution in [0, 0.1) is 0 Å². The summed E-state index contributed by atoms with van der Waals surface area (Å²) in [4.78, 5) is 2.02. The molecule has 0 N–H and O–H groups in total. The molecule has 0 aliphatic rings. The molecule has 35 heavy (non-hydrogen) atoms. The number of benzene rings is 2. The highest BCUT2D eigenvalue weighted by Crippen LogP contribution is 2.52. The van der Waals surface area contributed by atoms with Crippen molar-refractivity contribution < 1.29 is 13.6 Å². The lowest BCUT2D eigenvalue weighted by molar-refractivity contribution is 0.213. The van der Waals surface area contributed by atoms with Gasteiger partial charge in [-0.25, -0.2) is 0 Å². The molecule has 2 aromatic carbocycles. The Morgan fingerprint density at radius 3 is 1.54 bits per heavy atom. The van der Waals surface area contributed by atoms with Gasteiger partial charge in [-0.2, -0.15) is 0 Å². The predicted octanol–water partition coefficient (Wildman–Crippen LogP) is 9.35. The first-order valence-corrected chi connectivity index (χ1v) is 15.0. The van der Waals surface area contributed by atoms with Crippen molar-refractivity contribution in [2.75, 3.05) is 13.2 Å². The molecule has 0 spiro atoms. The number of thiophene rings is 1. The van der Waals surface area contributed by atoms with Crippen LogP contribution in [0.3, 0.4) is 0 Å². The zero-order valence-electron chi connectivity index (χ0n) is 22.6. The van der Waals surface area contributed by atoms with Crippen molar-refractivity contribution in [3.8, 4) is 20.9 Å². The van der Waals surface area contributed by atoms with Crippen LogP contribution in [0.2, 0.25) is 0 Å². The lowest BCUT2D eigenvalue weighted by Crippen LogP contribution is -2.13. The highest BCUT2D eigenvalue weighted by Gasteiger charge is 2.33. The van der Waals surface area contributed by atoms with Crippen LogP contribution in [-0.2, 0) is 24.4 Å². The van der Waals surface area contributed by atoms with Crippen LogP contribution >= 0.6 is 18.9 Å². The molecule has 3 aromatic rings. The van der Waals surface area contributed by atoms with E-state index in [0.717, 1.165) is 33.7 Å². The van der Waals surface area contributed by atoms with Crippen LogP contribution in [0.4, 0.5) is 0 Å². The summed E-state index contributed by atoms with van der Waals surface area (Å²) in [6, 6.07) is 19.3. The Bertz CT molecular complexity index is 1130. The third-order valence-electron chi connectivity index (χ3n) is 5.99. The molecule has 5 heteroatoms. The second-order valence-electron chi connectivity index (χ2n) is 11.1. The van der Waals surface area contributed by atoms with E-state index in [9.17, 15) is 4.57 Å². The monoisotopic (exact) mass is 512 g/mol. The van der Waals surface area contributed by atoms with E-state index in [-0.39, 0.29) is 10.8 Å². The predicted molar refractivity (Wildman–Crippen MR) is 152 cm³/mol. The molecule has 0 fully saturated rings. The quantitative estimate of drug-likeness (QED) is 0.268. The molecule has 0 atom stereocenters. The van der Waals surface area contributed by atoms with Gasteiger partial charge in [0.2, 0.25) is 0 Å².